The van der Waals surface area contributed by atoms with Crippen LogP contribution in [0.5, 0.6) is 0 Å². The molecule has 0 saturated heterocycles. The van der Waals surface area contributed by atoms with Crippen LogP contribution in [-0.4, -0.2) is 15.0 Å². The van der Waals surface area contributed by atoms with Crippen molar-refractivity contribution in [3.63, 3.8) is 0 Å². The molecule has 4 rings (SSSR count). The third-order valence-corrected chi connectivity index (χ3v) is 4.73. The molecule has 23 heavy (non-hydrogen) atoms. The van der Waals surface area contributed by atoms with E-state index in [-0.39, 0.29) is 0 Å². The lowest BCUT2D eigenvalue weighted by Crippen LogP contribution is -2.00. The fourth-order valence-corrected chi connectivity index (χ4v) is 3.19. The molecule has 1 heterocycles. The number of rotatable bonds is 2. The molecule has 3 heteroatoms. The van der Waals surface area contributed by atoms with Gasteiger partial charge >= 0.3 is 0 Å². The quantitative estimate of drug-likeness (QED) is 0.693. The maximum Gasteiger partial charge on any atom is 0.0944 e. The molecule has 0 aliphatic heterocycles. The van der Waals surface area contributed by atoms with E-state index in [0.717, 1.165) is 23.4 Å². The molecule has 1 aliphatic rings. The first kappa shape index (κ1) is 13.9. The minimum Gasteiger partial charge on any atom is -0.213 e. The van der Waals surface area contributed by atoms with E-state index in [1.807, 2.05) is 10.9 Å². The van der Waals surface area contributed by atoms with E-state index in [9.17, 15) is 0 Å². The highest BCUT2D eigenvalue weighted by Crippen LogP contribution is 2.34. The summed E-state index contributed by atoms with van der Waals surface area (Å²) in [6, 6.07) is 15.0. The van der Waals surface area contributed by atoms with Crippen molar-refractivity contribution in [2.24, 2.45) is 0 Å². The largest absolute Gasteiger partial charge is 0.213 e. The number of benzene rings is 2. The van der Waals surface area contributed by atoms with Crippen molar-refractivity contribution in [2.75, 3.05) is 0 Å². The molecular weight excluding hydrogens is 282 g/mol. The molecule has 3 aromatic rings. The molecule has 2 aromatic carbocycles. The van der Waals surface area contributed by atoms with Gasteiger partial charge in [0.05, 0.1) is 17.6 Å². The predicted octanol–water partition coefficient (Wildman–Crippen LogP) is 4.59. The Morgan fingerprint density at radius 2 is 1.74 bits per heavy atom. The van der Waals surface area contributed by atoms with Gasteiger partial charge in [0.15, 0.2) is 0 Å². The summed E-state index contributed by atoms with van der Waals surface area (Å²) in [6.07, 6.45) is 2.88. The number of hydrogen-bond acceptors (Lipinski definition) is 2. The normalized spacial score (nSPS) is 13.5. The summed E-state index contributed by atoms with van der Waals surface area (Å²) in [5, 5.41) is 8.43. The molecule has 0 spiro atoms. The lowest BCUT2D eigenvalue weighted by Gasteiger charge is -2.09. The van der Waals surface area contributed by atoms with Crippen LogP contribution >= 0.6 is 0 Å². The highest BCUT2D eigenvalue weighted by molar-refractivity contribution is 5.76. The Morgan fingerprint density at radius 3 is 2.52 bits per heavy atom. The SMILES string of the molecule is CC1=C(C)c2cc(-n3nncc3-c3ccc(C)cc3)ccc2C1. The van der Waals surface area contributed by atoms with Crippen LogP contribution < -0.4 is 0 Å². The van der Waals surface area contributed by atoms with E-state index in [1.165, 1.54) is 27.8 Å². The van der Waals surface area contributed by atoms with Crippen LogP contribution in [0.25, 0.3) is 22.5 Å². The summed E-state index contributed by atoms with van der Waals surface area (Å²) >= 11 is 0. The van der Waals surface area contributed by atoms with Gasteiger partial charge in [-0.1, -0.05) is 46.7 Å². The Kier molecular flexibility index (Phi) is 3.15. The second kappa shape index (κ2) is 5.20. The first-order valence-corrected chi connectivity index (χ1v) is 7.91. The van der Waals surface area contributed by atoms with Crippen molar-refractivity contribution in [2.45, 2.75) is 27.2 Å². The fourth-order valence-electron chi connectivity index (χ4n) is 3.19. The van der Waals surface area contributed by atoms with E-state index >= 15 is 0 Å². The standard InChI is InChI=1S/C20H19N3/c1-13-4-6-16(7-5-13)20-12-21-22-23(20)18-9-8-17-10-14(2)15(3)19(17)11-18/h4-9,11-12H,10H2,1-3H3. The Bertz CT molecular complexity index is 914. The number of hydrogen-bond donors (Lipinski definition) is 0. The second-order valence-corrected chi connectivity index (χ2v) is 6.32. The van der Waals surface area contributed by atoms with E-state index in [4.69, 9.17) is 0 Å². The summed E-state index contributed by atoms with van der Waals surface area (Å²) in [6.45, 7) is 6.51. The van der Waals surface area contributed by atoms with E-state index in [2.05, 4.69) is 73.5 Å². The van der Waals surface area contributed by atoms with Gasteiger partial charge in [0.2, 0.25) is 0 Å². The van der Waals surface area contributed by atoms with Gasteiger partial charge in [0, 0.05) is 5.56 Å². The van der Waals surface area contributed by atoms with Crippen molar-refractivity contribution in [1.82, 2.24) is 15.0 Å². The van der Waals surface area contributed by atoms with E-state index in [1.54, 1.807) is 0 Å². The van der Waals surface area contributed by atoms with Crippen LogP contribution in [0, 0.1) is 6.92 Å². The van der Waals surface area contributed by atoms with Gasteiger partial charge in [-0.2, -0.15) is 0 Å². The Labute approximate surface area is 136 Å². The maximum atomic E-state index is 4.31. The lowest BCUT2D eigenvalue weighted by atomic mass is 10.1. The van der Waals surface area contributed by atoms with Gasteiger partial charge in [-0.3, -0.25) is 0 Å². The number of fused-ring (bicyclic) bond motifs is 1. The van der Waals surface area contributed by atoms with Crippen molar-refractivity contribution in [3.05, 3.63) is 70.9 Å². The topological polar surface area (TPSA) is 30.7 Å². The number of aromatic nitrogens is 3. The van der Waals surface area contributed by atoms with Crippen molar-refractivity contribution >= 4 is 5.57 Å². The van der Waals surface area contributed by atoms with E-state index in [0.29, 0.717) is 0 Å². The third-order valence-electron chi connectivity index (χ3n) is 4.73. The molecule has 114 valence electrons. The van der Waals surface area contributed by atoms with Crippen molar-refractivity contribution < 1.29 is 0 Å². The number of allylic oxidation sites excluding steroid dienone is 2. The maximum absolute atomic E-state index is 4.31. The van der Waals surface area contributed by atoms with Gasteiger partial charge in [-0.25, -0.2) is 4.68 Å². The summed E-state index contributed by atoms with van der Waals surface area (Å²) in [7, 11) is 0. The minimum absolute atomic E-state index is 1.02. The zero-order valence-electron chi connectivity index (χ0n) is 13.7. The zero-order valence-corrected chi connectivity index (χ0v) is 13.7. The van der Waals surface area contributed by atoms with E-state index < -0.39 is 0 Å². The molecule has 3 nitrogen and oxygen atoms in total. The Balaban J connectivity index is 1.82. The average Bonchev–Trinajstić information content (AvgIpc) is 3.14. The van der Waals surface area contributed by atoms with Gasteiger partial charge in [-0.15, -0.1) is 5.10 Å². The molecule has 0 amide bonds. The molecule has 0 atom stereocenters. The van der Waals surface area contributed by atoms with Gasteiger partial charge in [-0.05, 0) is 56.0 Å². The van der Waals surface area contributed by atoms with Crippen LogP contribution in [0.1, 0.15) is 30.5 Å². The van der Waals surface area contributed by atoms with Crippen molar-refractivity contribution in [3.8, 4) is 16.9 Å². The van der Waals surface area contributed by atoms with Gasteiger partial charge in [0.1, 0.15) is 0 Å². The van der Waals surface area contributed by atoms with Gasteiger partial charge in [0.25, 0.3) is 0 Å². The molecule has 1 aliphatic carbocycles. The average molecular weight is 301 g/mol. The monoisotopic (exact) mass is 301 g/mol. The van der Waals surface area contributed by atoms with Gasteiger partial charge < -0.3 is 0 Å². The zero-order chi connectivity index (χ0) is 16.0. The highest BCUT2D eigenvalue weighted by Gasteiger charge is 2.17. The fraction of sp³-hybridized carbons (Fsp3) is 0.200. The molecule has 0 N–H and O–H groups in total. The Morgan fingerprint density at radius 1 is 0.957 bits per heavy atom. The summed E-state index contributed by atoms with van der Waals surface area (Å²) in [5.74, 6) is 0. The van der Waals surface area contributed by atoms with Crippen LogP contribution in [-0.2, 0) is 6.42 Å². The van der Waals surface area contributed by atoms with Crippen LogP contribution in [0.2, 0.25) is 0 Å². The van der Waals surface area contributed by atoms with Crippen molar-refractivity contribution in [1.29, 1.82) is 0 Å². The molecule has 0 bridgehead atoms. The first-order chi connectivity index (χ1) is 11.1. The summed E-state index contributed by atoms with van der Waals surface area (Å²) < 4.78 is 1.92. The molecule has 0 fully saturated rings. The third kappa shape index (κ3) is 2.29. The molecule has 0 radical (unpaired) electrons. The Hall–Kier alpha value is -2.68. The molecule has 0 saturated carbocycles. The first-order valence-electron chi connectivity index (χ1n) is 7.91. The second-order valence-electron chi connectivity index (χ2n) is 6.32. The number of aryl methyl sites for hydroxylation is 1. The molecular formula is C20H19N3. The summed E-state index contributed by atoms with van der Waals surface area (Å²) in [5.41, 5.74) is 10.0. The van der Waals surface area contributed by atoms with Crippen LogP contribution in [0.4, 0.5) is 0 Å². The number of nitrogens with zero attached hydrogens (tertiary/aromatic N) is 3. The summed E-state index contributed by atoms with van der Waals surface area (Å²) in [4.78, 5) is 0. The molecule has 0 unspecified atom stereocenters. The van der Waals surface area contributed by atoms with Crippen LogP contribution in [0.15, 0.2) is 54.2 Å². The predicted molar refractivity (Wildman–Crippen MR) is 93.5 cm³/mol. The smallest absolute Gasteiger partial charge is 0.0944 e. The minimum atomic E-state index is 1.02. The lowest BCUT2D eigenvalue weighted by molar-refractivity contribution is 0.807. The highest BCUT2D eigenvalue weighted by atomic mass is 15.4. The molecule has 1 aromatic heterocycles. The van der Waals surface area contributed by atoms with Crippen LogP contribution in [0.3, 0.4) is 0 Å².